The van der Waals surface area contributed by atoms with Crippen molar-refractivity contribution >= 4 is 5.91 Å². The van der Waals surface area contributed by atoms with Crippen molar-refractivity contribution in [3.05, 3.63) is 47.3 Å². The number of nitrogens with zero attached hydrogens (tertiary/aromatic N) is 2. The van der Waals surface area contributed by atoms with Gasteiger partial charge in [0.25, 0.3) is 5.91 Å². The van der Waals surface area contributed by atoms with Crippen LogP contribution < -0.4 is 5.32 Å². The van der Waals surface area contributed by atoms with E-state index in [1.165, 1.54) is 0 Å². The summed E-state index contributed by atoms with van der Waals surface area (Å²) in [5.74, 6) is 1.01. The molecule has 5 nitrogen and oxygen atoms in total. The van der Waals surface area contributed by atoms with Crippen molar-refractivity contribution in [2.75, 3.05) is 19.8 Å². The predicted molar refractivity (Wildman–Crippen MR) is 88.2 cm³/mol. The second-order valence-electron chi connectivity index (χ2n) is 5.99. The standard InChI is InChI=1S/C18H21N3O2/c1-12-8-13(2)21-17(20-12)15-4-3-5-16(9-15)18(22)19-10-14-6-7-23-11-14/h3-5,8-9,14H,6-7,10-11H2,1-2H3,(H,19,22)/t14-/m0/s1. The molecule has 5 heteroatoms. The molecule has 1 aromatic heterocycles. The van der Waals surface area contributed by atoms with Gasteiger partial charge >= 0.3 is 0 Å². The lowest BCUT2D eigenvalue weighted by Crippen LogP contribution is -2.29. The number of carbonyl (C=O) groups is 1. The summed E-state index contributed by atoms with van der Waals surface area (Å²) < 4.78 is 5.33. The van der Waals surface area contributed by atoms with Gasteiger partial charge in [-0.2, -0.15) is 0 Å². The molecule has 3 rings (SSSR count). The topological polar surface area (TPSA) is 64.1 Å². The molecule has 2 aromatic rings. The molecule has 1 aromatic carbocycles. The number of amides is 1. The Balaban J connectivity index is 1.74. The minimum atomic E-state index is -0.0666. The van der Waals surface area contributed by atoms with E-state index >= 15 is 0 Å². The Morgan fingerprint density at radius 3 is 2.74 bits per heavy atom. The Hall–Kier alpha value is -2.27. The van der Waals surface area contributed by atoms with Gasteiger partial charge in [0, 0.05) is 41.6 Å². The van der Waals surface area contributed by atoms with Crippen LogP contribution in [0.3, 0.4) is 0 Å². The van der Waals surface area contributed by atoms with Crippen LogP contribution in [0.1, 0.15) is 28.2 Å². The molecule has 0 spiro atoms. The molecule has 23 heavy (non-hydrogen) atoms. The fraction of sp³-hybridized carbons (Fsp3) is 0.389. The van der Waals surface area contributed by atoms with Gasteiger partial charge in [0.05, 0.1) is 6.61 Å². The highest BCUT2D eigenvalue weighted by Gasteiger charge is 2.17. The number of aryl methyl sites for hydroxylation is 2. The van der Waals surface area contributed by atoms with E-state index in [1.807, 2.05) is 44.2 Å². The SMILES string of the molecule is Cc1cc(C)nc(-c2cccc(C(=O)NC[C@@H]3CCOC3)c2)n1. The first-order valence-electron chi connectivity index (χ1n) is 7.90. The molecule has 1 aliphatic heterocycles. The normalized spacial score (nSPS) is 17.2. The van der Waals surface area contributed by atoms with Crippen LogP contribution in [0.25, 0.3) is 11.4 Å². The average molecular weight is 311 g/mol. The average Bonchev–Trinajstić information content (AvgIpc) is 3.05. The predicted octanol–water partition coefficient (Wildman–Crippen LogP) is 2.53. The van der Waals surface area contributed by atoms with Crippen molar-refractivity contribution in [1.29, 1.82) is 0 Å². The van der Waals surface area contributed by atoms with E-state index in [2.05, 4.69) is 15.3 Å². The maximum atomic E-state index is 12.3. The minimum absolute atomic E-state index is 0.0666. The number of hydrogen-bond acceptors (Lipinski definition) is 4. The van der Waals surface area contributed by atoms with Crippen molar-refractivity contribution < 1.29 is 9.53 Å². The molecule has 1 atom stereocenters. The van der Waals surface area contributed by atoms with Crippen molar-refractivity contribution in [3.63, 3.8) is 0 Å². The number of benzene rings is 1. The van der Waals surface area contributed by atoms with Crippen molar-refractivity contribution in [3.8, 4) is 11.4 Å². The van der Waals surface area contributed by atoms with E-state index in [0.29, 0.717) is 23.9 Å². The molecule has 0 unspecified atom stereocenters. The third-order valence-electron chi connectivity index (χ3n) is 3.94. The van der Waals surface area contributed by atoms with E-state index in [1.54, 1.807) is 0 Å². The monoisotopic (exact) mass is 311 g/mol. The molecule has 1 N–H and O–H groups in total. The number of hydrogen-bond donors (Lipinski definition) is 1. The van der Waals surface area contributed by atoms with Crippen molar-refractivity contribution in [2.24, 2.45) is 5.92 Å². The molecule has 1 saturated heterocycles. The zero-order valence-corrected chi connectivity index (χ0v) is 13.5. The number of rotatable bonds is 4. The minimum Gasteiger partial charge on any atom is -0.381 e. The van der Waals surface area contributed by atoms with Gasteiger partial charge in [-0.05, 0) is 38.5 Å². The summed E-state index contributed by atoms with van der Waals surface area (Å²) in [6, 6.07) is 9.38. The van der Waals surface area contributed by atoms with Gasteiger partial charge < -0.3 is 10.1 Å². The van der Waals surface area contributed by atoms with Crippen LogP contribution >= 0.6 is 0 Å². The highest BCUT2D eigenvalue weighted by atomic mass is 16.5. The molecule has 0 bridgehead atoms. The lowest BCUT2D eigenvalue weighted by molar-refractivity contribution is 0.0945. The summed E-state index contributed by atoms with van der Waals surface area (Å²) in [6.45, 7) is 6.07. The Labute approximate surface area is 136 Å². The van der Waals surface area contributed by atoms with Gasteiger partial charge in [0.2, 0.25) is 0 Å². The van der Waals surface area contributed by atoms with Gasteiger partial charge in [-0.25, -0.2) is 9.97 Å². The van der Waals surface area contributed by atoms with Gasteiger partial charge in [0.15, 0.2) is 5.82 Å². The smallest absolute Gasteiger partial charge is 0.251 e. The van der Waals surface area contributed by atoms with E-state index in [4.69, 9.17) is 4.74 Å². The Kier molecular flexibility index (Phi) is 4.67. The van der Waals surface area contributed by atoms with Crippen LogP contribution in [0.4, 0.5) is 0 Å². The molecule has 2 heterocycles. The van der Waals surface area contributed by atoms with Gasteiger partial charge in [-0.1, -0.05) is 12.1 Å². The molecule has 120 valence electrons. The number of aromatic nitrogens is 2. The zero-order chi connectivity index (χ0) is 16.2. The van der Waals surface area contributed by atoms with Crippen LogP contribution in [0.15, 0.2) is 30.3 Å². The fourth-order valence-electron chi connectivity index (χ4n) is 2.74. The van der Waals surface area contributed by atoms with Crippen LogP contribution in [0.5, 0.6) is 0 Å². The highest BCUT2D eigenvalue weighted by Crippen LogP contribution is 2.18. The second kappa shape index (κ2) is 6.87. The number of ether oxygens (including phenoxy) is 1. The van der Waals surface area contributed by atoms with Crippen LogP contribution in [-0.2, 0) is 4.74 Å². The van der Waals surface area contributed by atoms with E-state index in [0.717, 1.165) is 36.6 Å². The van der Waals surface area contributed by atoms with Gasteiger partial charge in [0.1, 0.15) is 0 Å². The first kappa shape index (κ1) is 15.6. The van der Waals surface area contributed by atoms with Crippen molar-refractivity contribution in [2.45, 2.75) is 20.3 Å². The maximum absolute atomic E-state index is 12.3. The Bertz CT molecular complexity index is 689. The molecule has 0 aliphatic carbocycles. The fourth-order valence-corrected chi connectivity index (χ4v) is 2.74. The Morgan fingerprint density at radius 2 is 2.04 bits per heavy atom. The first-order chi connectivity index (χ1) is 11.1. The van der Waals surface area contributed by atoms with E-state index < -0.39 is 0 Å². The quantitative estimate of drug-likeness (QED) is 0.942. The largest absolute Gasteiger partial charge is 0.381 e. The maximum Gasteiger partial charge on any atom is 0.251 e. The second-order valence-corrected chi connectivity index (χ2v) is 5.99. The number of carbonyl (C=O) groups excluding carboxylic acids is 1. The van der Waals surface area contributed by atoms with Crippen LogP contribution in [0, 0.1) is 19.8 Å². The van der Waals surface area contributed by atoms with Crippen LogP contribution in [0.2, 0.25) is 0 Å². The zero-order valence-electron chi connectivity index (χ0n) is 13.5. The third kappa shape index (κ3) is 3.93. The summed E-state index contributed by atoms with van der Waals surface area (Å²) in [7, 11) is 0. The summed E-state index contributed by atoms with van der Waals surface area (Å²) in [5.41, 5.74) is 3.32. The van der Waals surface area contributed by atoms with E-state index in [-0.39, 0.29) is 5.91 Å². The summed E-state index contributed by atoms with van der Waals surface area (Å²) in [5, 5.41) is 2.98. The summed E-state index contributed by atoms with van der Waals surface area (Å²) in [4.78, 5) is 21.2. The molecule has 1 fully saturated rings. The Morgan fingerprint density at radius 1 is 1.26 bits per heavy atom. The molecule has 0 radical (unpaired) electrons. The molecule has 1 aliphatic rings. The van der Waals surface area contributed by atoms with Crippen LogP contribution in [-0.4, -0.2) is 35.6 Å². The van der Waals surface area contributed by atoms with Crippen molar-refractivity contribution in [1.82, 2.24) is 15.3 Å². The molecule has 0 saturated carbocycles. The van der Waals surface area contributed by atoms with E-state index in [9.17, 15) is 4.79 Å². The molecular formula is C18H21N3O2. The first-order valence-corrected chi connectivity index (χ1v) is 7.90. The lowest BCUT2D eigenvalue weighted by Gasteiger charge is -2.10. The summed E-state index contributed by atoms with van der Waals surface area (Å²) >= 11 is 0. The van der Waals surface area contributed by atoms with Gasteiger partial charge in [-0.15, -0.1) is 0 Å². The molecule has 1 amide bonds. The third-order valence-corrected chi connectivity index (χ3v) is 3.94. The lowest BCUT2D eigenvalue weighted by atomic mass is 10.1. The van der Waals surface area contributed by atoms with Gasteiger partial charge in [-0.3, -0.25) is 4.79 Å². The molecular weight excluding hydrogens is 290 g/mol. The highest BCUT2D eigenvalue weighted by molar-refractivity contribution is 5.95. The summed E-state index contributed by atoms with van der Waals surface area (Å²) in [6.07, 6.45) is 1.01. The number of nitrogens with one attached hydrogen (secondary N) is 1.